The molecule has 0 saturated carbocycles. The monoisotopic (exact) mass is 293 g/mol. The first kappa shape index (κ1) is 14.9. The van der Waals surface area contributed by atoms with Crippen LogP contribution in [0.5, 0.6) is 0 Å². The van der Waals surface area contributed by atoms with Gasteiger partial charge >= 0.3 is 0 Å². The van der Waals surface area contributed by atoms with E-state index in [1.807, 2.05) is 23.6 Å². The van der Waals surface area contributed by atoms with Crippen LogP contribution in [0.15, 0.2) is 34.7 Å². The molecule has 2 heterocycles. The van der Waals surface area contributed by atoms with E-state index in [1.54, 1.807) is 11.3 Å². The molecule has 0 radical (unpaired) electrons. The summed E-state index contributed by atoms with van der Waals surface area (Å²) in [4.78, 5) is 7.55. The lowest BCUT2D eigenvalue weighted by atomic mass is 10.3. The minimum absolute atomic E-state index is 0.164. The molecule has 0 amide bonds. The Morgan fingerprint density at radius 3 is 3.05 bits per heavy atom. The zero-order valence-corrected chi connectivity index (χ0v) is 12.2. The van der Waals surface area contributed by atoms with Crippen molar-refractivity contribution in [3.8, 4) is 10.7 Å². The second kappa shape index (κ2) is 7.94. The van der Waals surface area contributed by atoms with Crippen LogP contribution >= 0.6 is 11.3 Å². The first-order chi connectivity index (χ1) is 9.83. The molecular weight excluding hydrogens is 274 g/mol. The molecule has 0 aliphatic carbocycles. The molecule has 1 N–H and O–H groups in total. The molecule has 0 aliphatic rings. The number of rotatable bonds is 9. The van der Waals surface area contributed by atoms with Gasteiger partial charge in [0.15, 0.2) is 0 Å². The first-order valence-corrected chi connectivity index (χ1v) is 7.52. The van der Waals surface area contributed by atoms with Gasteiger partial charge in [0.25, 0.3) is 0 Å². The Balaban J connectivity index is 1.80. The molecule has 2 aromatic heterocycles. The molecule has 6 heteroatoms. The van der Waals surface area contributed by atoms with Gasteiger partial charge in [0, 0.05) is 19.5 Å². The third-order valence-corrected chi connectivity index (χ3v) is 3.74. The molecule has 5 nitrogen and oxygen atoms in total. The SMILES string of the molecule is C=CCN(CCO)CCCc1nc(-c2cccs2)no1. The zero-order chi connectivity index (χ0) is 14.2. The highest BCUT2D eigenvalue weighted by molar-refractivity contribution is 7.13. The molecule has 0 bridgehead atoms. The van der Waals surface area contributed by atoms with E-state index in [0.29, 0.717) is 18.3 Å². The Morgan fingerprint density at radius 1 is 1.45 bits per heavy atom. The maximum absolute atomic E-state index is 8.97. The van der Waals surface area contributed by atoms with Crippen LogP contribution in [0, 0.1) is 0 Å². The van der Waals surface area contributed by atoms with Crippen molar-refractivity contribution in [1.29, 1.82) is 0 Å². The number of aliphatic hydroxyl groups excluding tert-OH is 1. The molecule has 20 heavy (non-hydrogen) atoms. The fourth-order valence-corrected chi connectivity index (χ4v) is 2.58. The summed E-state index contributed by atoms with van der Waals surface area (Å²) in [6.07, 6.45) is 3.51. The maximum Gasteiger partial charge on any atom is 0.227 e. The molecule has 2 rings (SSSR count). The van der Waals surface area contributed by atoms with E-state index in [1.165, 1.54) is 0 Å². The fourth-order valence-electron chi connectivity index (χ4n) is 1.93. The summed E-state index contributed by atoms with van der Waals surface area (Å²) in [5, 5.41) is 15.0. The van der Waals surface area contributed by atoms with Gasteiger partial charge in [-0.1, -0.05) is 17.3 Å². The van der Waals surface area contributed by atoms with Crippen LogP contribution in [0.2, 0.25) is 0 Å². The van der Waals surface area contributed by atoms with Gasteiger partial charge in [-0.2, -0.15) is 4.98 Å². The number of aryl methyl sites for hydroxylation is 1. The number of hydrogen-bond acceptors (Lipinski definition) is 6. The quantitative estimate of drug-likeness (QED) is 0.718. The van der Waals surface area contributed by atoms with Crippen LogP contribution < -0.4 is 0 Å². The third-order valence-electron chi connectivity index (χ3n) is 2.88. The minimum Gasteiger partial charge on any atom is -0.395 e. The van der Waals surface area contributed by atoms with Crippen LogP contribution in [0.1, 0.15) is 12.3 Å². The molecular formula is C14H19N3O2S. The summed E-state index contributed by atoms with van der Waals surface area (Å²) < 4.78 is 5.25. The lowest BCUT2D eigenvalue weighted by molar-refractivity contribution is 0.205. The van der Waals surface area contributed by atoms with Crippen molar-refractivity contribution in [2.24, 2.45) is 0 Å². The van der Waals surface area contributed by atoms with Gasteiger partial charge < -0.3 is 9.63 Å². The summed E-state index contributed by atoms with van der Waals surface area (Å²) in [6, 6.07) is 3.95. The largest absolute Gasteiger partial charge is 0.395 e. The third kappa shape index (κ3) is 4.26. The lowest BCUT2D eigenvalue weighted by Gasteiger charge is -2.18. The van der Waals surface area contributed by atoms with Crippen molar-refractivity contribution in [1.82, 2.24) is 15.0 Å². The molecule has 0 unspecified atom stereocenters. The standard InChI is InChI=1S/C14H19N3O2S/c1-2-7-17(9-10-18)8-3-6-13-15-14(16-19-13)12-5-4-11-20-12/h2,4-5,11,18H,1,3,6-10H2. The topological polar surface area (TPSA) is 62.4 Å². The van der Waals surface area contributed by atoms with Crippen molar-refractivity contribution in [2.45, 2.75) is 12.8 Å². The molecule has 0 spiro atoms. The smallest absolute Gasteiger partial charge is 0.227 e. The summed E-state index contributed by atoms with van der Waals surface area (Å²) in [5.74, 6) is 1.32. The average Bonchev–Trinajstić information content (AvgIpc) is 3.10. The van der Waals surface area contributed by atoms with Crippen molar-refractivity contribution in [2.75, 3.05) is 26.2 Å². The molecule has 2 aromatic rings. The average molecular weight is 293 g/mol. The van der Waals surface area contributed by atoms with E-state index >= 15 is 0 Å². The maximum atomic E-state index is 8.97. The van der Waals surface area contributed by atoms with Gasteiger partial charge in [0.1, 0.15) is 0 Å². The van der Waals surface area contributed by atoms with Gasteiger partial charge in [-0.05, 0) is 24.4 Å². The zero-order valence-electron chi connectivity index (χ0n) is 11.4. The number of nitrogens with zero attached hydrogens (tertiary/aromatic N) is 3. The van der Waals surface area contributed by atoms with Crippen molar-refractivity contribution in [3.05, 3.63) is 36.1 Å². The lowest BCUT2D eigenvalue weighted by Crippen LogP contribution is -2.28. The molecule has 0 aromatic carbocycles. The number of aliphatic hydroxyl groups is 1. The fraction of sp³-hybridized carbons (Fsp3) is 0.429. The van der Waals surface area contributed by atoms with Crippen molar-refractivity contribution < 1.29 is 9.63 Å². The van der Waals surface area contributed by atoms with E-state index < -0.39 is 0 Å². The van der Waals surface area contributed by atoms with Crippen LogP contribution in [0.4, 0.5) is 0 Å². The van der Waals surface area contributed by atoms with Crippen LogP contribution in [0.3, 0.4) is 0 Å². The summed E-state index contributed by atoms with van der Waals surface area (Å²) in [7, 11) is 0. The van der Waals surface area contributed by atoms with E-state index in [0.717, 1.165) is 30.8 Å². The number of hydrogen-bond donors (Lipinski definition) is 1. The summed E-state index contributed by atoms with van der Waals surface area (Å²) in [5.41, 5.74) is 0. The number of thiophene rings is 1. The highest BCUT2D eigenvalue weighted by Crippen LogP contribution is 2.21. The van der Waals surface area contributed by atoms with Crippen LogP contribution in [-0.4, -0.2) is 46.4 Å². The minimum atomic E-state index is 0.164. The van der Waals surface area contributed by atoms with E-state index in [2.05, 4.69) is 21.6 Å². The van der Waals surface area contributed by atoms with E-state index in [-0.39, 0.29) is 6.61 Å². The second-order valence-electron chi connectivity index (χ2n) is 4.41. The van der Waals surface area contributed by atoms with Gasteiger partial charge in [0.2, 0.25) is 11.7 Å². The Morgan fingerprint density at radius 2 is 2.35 bits per heavy atom. The first-order valence-electron chi connectivity index (χ1n) is 6.64. The van der Waals surface area contributed by atoms with E-state index in [4.69, 9.17) is 9.63 Å². The van der Waals surface area contributed by atoms with Gasteiger partial charge in [0.05, 0.1) is 11.5 Å². The Kier molecular flexibility index (Phi) is 5.91. The predicted octanol–water partition coefficient (Wildman–Crippen LogP) is 2.21. The van der Waals surface area contributed by atoms with Gasteiger partial charge in [-0.15, -0.1) is 17.9 Å². The van der Waals surface area contributed by atoms with Crippen LogP contribution in [-0.2, 0) is 6.42 Å². The van der Waals surface area contributed by atoms with Gasteiger partial charge in [-0.25, -0.2) is 0 Å². The predicted molar refractivity (Wildman–Crippen MR) is 79.7 cm³/mol. The van der Waals surface area contributed by atoms with Gasteiger partial charge in [-0.3, -0.25) is 4.90 Å². The summed E-state index contributed by atoms with van der Waals surface area (Å²) >= 11 is 1.60. The Bertz CT molecular complexity index is 510. The number of aromatic nitrogens is 2. The highest BCUT2D eigenvalue weighted by Gasteiger charge is 2.10. The van der Waals surface area contributed by atoms with E-state index in [9.17, 15) is 0 Å². The summed E-state index contributed by atoms with van der Waals surface area (Å²) in [6.45, 7) is 6.21. The highest BCUT2D eigenvalue weighted by atomic mass is 32.1. The Labute approximate surface area is 122 Å². The molecule has 0 fully saturated rings. The van der Waals surface area contributed by atoms with Crippen molar-refractivity contribution >= 4 is 11.3 Å². The second-order valence-corrected chi connectivity index (χ2v) is 5.35. The van der Waals surface area contributed by atoms with Crippen LogP contribution in [0.25, 0.3) is 10.7 Å². The molecule has 0 aliphatic heterocycles. The molecule has 108 valence electrons. The molecule has 0 saturated heterocycles. The Hall–Kier alpha value is -1.50. The molecule has 0 atom stereocenters. The van der Waals surface area contributed by atoms with Crippen molar-refractivity contribution in [3.63, 3.8) is 0 Å². The normalized spacial score (nSPS) is 11.1.